The van der Waals surface area contributed by atoms with Crippen LogP contribution in [0.15, 0.2) is 30.3 Å². The second-order valence-electron chi connectivity index (χ2n) is 6.71. The van der Waals surface area contributed by atoms with E-state index in [2.05, 4.69) is 4.98 Å². The second kappa shape index (κ2) is 5.20. The van der Waals surface area contributed by atoms with Crippen molar-refractivity contribution in [2.45, 2.75) is 44.8 Å². The standard InChI is InChI=1S/C16H20BClN2O2/c1-15(2)16(3,4)22-17(21-15)13(19)11-9-10-7-5-6-8-12(10)20-14(11)18/h5-9,13H,19H2,1-4H3/t13-/m1/s1. The van der Waals surface area contributed by atoms with Crippen LogP contribution in [0.25, 0.3) is 10.9 Å². The summed E-state index contributed by atoms with van der Waals surface area (Å²) in [7, 11) is -0.550. The Morgan fingerprint density at radius 3 is 2.36 bits per heavy atom. The SMILES string of the molecule is CC1(C)OB([C@H](N)c2cc3ccccc3nc2Cl)OC1(C)C. The van der Waals surface area contributed by atoms with Gasteiger partial charge in [-0.3, -0.25) is 0 Å². The molecule has 0 unspecified atom stereocenters. The van der Waals surface area contributed by atoms with Gasteiger partial charge < -0.3 is 15.0 Å². The van der Waals surface area contributed by atoms with Crippen LogP contribution in [0.4, 0.5) is 0 Å². The van der Waals surface area contributed by atoms with Crippen LogP contribution in [0.2, 0.25) is 5.15 Å². The van der Waals surface area contributed by atoms with Crippen LogP contribution in [0.1, 0.15) is 39.2 Å². The van der Waals surface area contributed by atoms with E-state index in [1.165, 1.54) is 0 Å². The van der Waals surface area contributed by atoms with Crippen molar-refractivity contribution in [2.24, 2.45) is 5.73 Å². The van der Waals surface area contributed by atoms with Crippen molar-refractivity contribution in [3.63, 3.8) is 0 Å². The molecule has 1 atom stereocenters. The molecule has 3 rings (SSSR count). The van der Waals surface area contributed by atoms with E-state index in [4.69, 9.17) is 26.6 Å². The van der Waals surface area contributed by atoms with Gasteiger partial charge in [0.1, 0.15) is 5.15 Å². The fourth-order valence-electron chi connectivity index (χ4n) is 2.52. The van der Waals surface area contributed by atoms with Crippen molar-refractivity contribution in [2.75, 3.05) is 0 Å². The van der Waals surface area contributed by atoms with Crippen LogP contribution in [-0.4, -0.2) is 23.3 Å². The summed E-state index contributed by atoms with van der Waals surface area (Å²) in [4.78, 5) is 4.42. The first-order valence-electron chi connectivity index (χ1n) is 7.38. The fraction of sp³-hybridized carbons (Fsp3) is 0.438. The largest absolute Gasteiger partial charge is 0.480 e. The first-order chi connectivity index (χ1) is 10.2. The molecule has 1 aliphatic heterocycles. The summed E-state index contributed by atoms with van der Waals surface area (Å²) < 4.78 is 12.0. The molecule has 4 nitrogen and oxygen atoms in total. The Hall–Kier alpha value is -1.14. The third kappa shape index (κ3) is 2.52. The highest BCUT2D eigenvalue weighted by Crippen LogP contribution is 2.40. The summed E-state index contributed by atoms with van der Waals surface area (Å²) in [6.45, 7) is 8.00. The van der Waals surface area contributed by atoms with E-state index in [9.17, 15) is 0 Å². The highest BCUT2D eigenvalue weighted by atomic mass is 35.5. The van der Waals surface area contributed by atoms with Gasteiger partial charge in [0.05, 0.1) is 22.7 Å². The number of fused-ring (bicyclic) bond motifs is 1. The number of halogens is 1. The van der Waals surface area contributed by atoms with Gasteiger partial charge in [0.25, 0.3) is 0 Å². The number of benzene rings is 1. The Morgan fingerprint density at radius 2 is 1.73 bits per heavy atom. The normalized spacial score (nSPS) is 21.3. The van der Waals surface area contributed by atoms with Crippen molar-refractivity contribution in [1.82, 2.24) is 4.98 Å². The molecule has 0 bridgehead atoms. The van der Waals surface area contributed by atoms with E-state index in [0.717, 1.165) is 16.5 Å². The average molecular weight is 319 g/mol. The van der Waals surface area contributed by atoms with E-state index >= 15 is 0 Å². The number of nitrogens with two attached hydrogens (primary N) is 1. The van der Waals surface area contributed by atoms with Crippen LogP contribution < -0.4 is 5.73 Å². The van der Waals surface area contributed by atoms with Crippen molar-refractivity contribution >= 4 is 29.6 Å². The van der Waals surface area contributed by atoms with E-state index in [-0.39, 0.29) is 0 Å². The minimum absolute atomic E-state index is 0.390. The third-order valence-electron chi connectivity index (χ3n) is 4.63. The maximum Gasteiger partial charge on any atom is 0.480 e. The molecule has 1 aromatic heterocycles. The van der Waals surface area contributed by atoms with Crippen LogP contribution in [-0.2, 0) is 9.31 Å². The van der Waals surface area contributed by atoms with Gasteiger partial charge in [0, 0.05) is 10.9 Å². The van der Waals surface area contributed by atoms with Crippen LogP contribution in [0, 0.1) is 0 Å². The summed E-state index contributed by atoms with van der Waals surface area (Å²) >= 11 is 6.32. The molecular formula is C16H20BClN2O2. The zero-order chi connectivity index (χ0) is 16.1. The van der Waals surface area contributed by atoms with Gasteiger partial charge in [-0.25, -0.2) is 4.98 Å². The van der Waals surface area contributed by atoms with Gasteiger partial charge in [-0.15, -0.1) is 0 Å². The number of pyridine rings is 1. The van der Waals surface area contributed by atoms with Gasteiger partial charge in [0.15, 0.2) is 0 Å². The number of para-hydroxylation sites is 1. The maximum absolute atomic E-state index is 6.36. The van der Waals surface area contributed by atoms with Gasteiger partial charge in [0.2, 0.25) is 0 Å². The Kier molecular flexibility index (Phi) is 3.72. The molecule has 2 aromatic rings. The molecule has 22 heavy (non-hydrogen) atoms. The van der Waals surface area contributed by atoms with Gasteiger partial charge in [-0.1, -0.05) is 29.8 Å². The quantitative estimate of drug-likeness (QED) is 0.680. The molecule has 0 amide bonds. The van der Waals surface area contributed by atoms with Crippen molar-refractivity contribution in [3.05, 3.63) is 41.0 Å². The number of hydrogen-bond donors (Lipinski definition) is 1. The first kappa shape index (κ1) is 15.7. The fourth-order valence-corrected chi connectivity index (χ4v) is 2.80. The lowest BCUT2D eigenvalue weighted by atomic mass is 9.75. The monoisotopic (exact) mass is 318 g/mol. The van der Waals surface area contributed by atoms with Crippen molar-refractivity contribution < 1.29 is 9.31 Å². The van der Waals surface area contributed by atoms with Crippen LogP contribution in [0.5, 0.6) is 0 Å². The van der Waals surface area contributed by atoms with E-state index in [1.54, 1.807) is 0 Å². The minimum Gasteiger partial charge on any atom is -0.402 e. The summed E-state index contributed by atoms with van der Waals surface area (Å²) in [6.07, 6.45) is 0. The van der Waals surface area contributed by atoms with E-state index in [1.807, 2.05) is 58.0 Å². The van der Waals surface area contributed by atoms with Gasteiger partial charge >= 0.3 is 7.12 Å². The van der Waals surface area contributed by atoms with E-state index < -0.39 is 24.3 Å². The van der Waals surface area contributed by atoms with Gasteiger partial charge in [-0.05, 0) is 39.8 Å². The molecule has 1 saturated heterocycles. The summed E-state index contributed by atoms with van der Waals surface area (Å²) in [5, 5.41) is 1.38. The lowest BCUT2D eigenvalue weighted by Crippen LogP contribution is -2.41. The van der Waals surface area contributed by atoms with Crippen LogP contribution in [0.3, 0.4) is 0 Å². The molecule has 6 heteroatoms. The average Bonchev–Trinajstić information content (AvgIpc) is 2.66. The zero-order valence-corrected chi connectivity index (χ0v) is 14.0. The molecular weight excluding hydrogens is 298 g/mol. The topological polar surface area (TPSA) is 57.4 Å². The molecule has 0 radical (unpaired) electrons. The number of rotatable bonds is 2. The maximum atomic E-state index is 6.36. The number of nitrogens with zero attached hydrogens (tertiary/aromatic N) is 1. The molecule has 1 fully saturated rings. The highest BCUT2D eigenvalue weighted by Gasteiger charge is 2.53. The highest BCUT2D eigenvalue weighted by molar-refractivity contribution is 6.48. The molecule has 1 aliphatic rings. The minimum atomic E-state index is -0.550. The number of aromatic nitrogens is 1. The zero-order valence-electron chi connectivity index (χ0n) is 13.3. The molecule has 2 heterocycles. The molecule has 1 aromatic carbocycles. The summed E-state index contributed by atoms with van der Waals surface area (Å²) in [5.41, 5.74) is 7.09. The Labute approximate surface area is 136 Å². The Morgan fingerprint density at radius 1 is 1.14 bits per heavy atom. The predicted octanol–water partition coefficient (Wildman–Crippen LogP) is 3.52. The predicted molar refractivity (Wildman–Crippen MR) is 89.8 cm³/mol. The van der Waals surface area contributed by atoms with Crippen molar-refractivity contribution in [1.29, 1.82) is 0 Å². The van der Waals surface area contributed by atoms with Gasteiger partial charge in [-0.2, -0.15) is 0 Å². The molecule has 2 N–H and O–H groups in total. The Bertz CT molecular complexity index is 704. The lowest BCUT2D eigenvalue weighted by Gasteiger charge is -2.32. The molecule has 0 aliphatic carbocycles. The molecule has 0 spiro atoms. The van der Waals surface area contributed by atoms with E-state index in [0.29, 0.717) is 5.15 Å². The first-order valence-corrected chi connectivity index (χ1v) is 7.75. The Balaban J connectivity index is 1.96. The third-order valence-corrected chi connectivity index (χ3v) is 4.93. The smallest absolute Gasteiger partial charge is 0.402 e. The lowest BCUT2D eigenvalue weighted by molar-refractivity contribution is 0.00578. The molecule has 116 valence electrons. The summed E-state index contributed by atoms with van der Waals surface area (Å²) in [5.74, 6) is -0.495. The second-order valence-corrected chi connectivity index (χ2v) is 7.07. The number of hydrogen-bond acceptors (Lipinski definition) is 4. The summed E-state index contributed by atoms with van der Waals surface area (Å²) in [6, 6.07) is 9.76. The van der Waals surface area contributed by atoms with Crippen LogP contribution >= 0.6 is 11.6 Å². The van der Waals surface area contributed by atoms with Crippen molar-refractivity contribution in [3.8, 4) is 0 Å². The molecule has 0 saturated carbocycles.